The number of fused-ring (bicyclic) bond motifs is 1. The minimum absolute atomic E-state index is 0.0679. The van der Waals surface area contributed by atoms with E-state index in [0.29, 0.717) is 5.92 Å². The van der Waals surface area contributed by atoms with E-state index >= 15 is 0 Å². The first kappa shape index (κ1) is 13.9. The first-order valence-electron chi connectivity index (χ1n) is 7.34. The lowest BCUT2D eigenvalue weighted by Crippen LogP contribution is -2.10. The largest absolute Gasteiger partial charge is 0.381 e. The van der Waals surface area contributed by atoms with E-state index in [1.807, 2.05) is 6.92 Å². The van der Waals surface area contributed by atoms with Crippen LogP contribution in [0.1, 0.15) is 36.5 Å². The third-order valence-corrected chi connectivity index (χ3v) is 4.33. The lowest BCUT2D eigenvalue weighted by atomic mass is 10.1. The summed E-state index contributed by atoms with van der Waals surface area (Å²) in [5, 5.41) is -0.0679. The first-order valence-corrected chi connectivity index (χ1v) is 7.78. The van der Waals surface area contributed by atoms with Gasteiger partial charge in [0, 0.05) is 19.8 Å². The maximum absolute atomic E-state index is 6.32. The molecule has 0 N–H and O–H groups in total. The van der Waals surface area contributed by atoms with Crippen LogP contribution in [0.15, 0.2) is 18.2 Å². The average Bonchev–Trinajstić information content (AvgIpc) is 3.03. The Kier molecular flexibility index (Phi) is 3.99. The minimum Gasteiger partial charge on any atom is -0.381 e. The molecule has 0 radical (unpaired) electrons. The predicted molar refractivity (Wildman–Crippen MR) is 82.3 cm³/mol. The zero-order valence-corrected chi connectivity index (χ0v) is 12.9. The fourth-order valence-electron chi connectivity index (χ4n) is 3.04. The van der Waals surface area contributed by atoms with E-state index in [9.17, 15) is 0 Å². The maximum Gasteiger partial charge on any atom is 0.127 e. The van der Waals surface area contributed by atoms with Gasteiger partial charge in [0.2, 0.25) is 0 Å². The number of nitrogens with zero attached hydrogens (tertiary/aromatic N) is 2. The van der Waals surface area contributed by atoms with Gasteiger partial charge in [0.1, 0.15) is 5.82 Å². The second-order valence-electron chi connectivity index (χ2n) is 5.70. The highest BCUT2D eigenvalue weighted by Crippen LogP contribution is 2.28. The van der Waals surface area contributed by atoms with Crippen molar-refractivity contribution >= 4 is 22.6 Å². The fourth-order valence-corrected chi connectivity index (χ4v) is 3.20. The Bertz CT molecular complexity index is 600. The second-order valence-corrected chi connectivity index (χ2v) is 6.35. The zero-order chi connectivity index (χ0) is 14.1. The highest BCUT2D eigenvalue weighted by atomic mass is 35.5. The fraction of sp³-hybridized carbons (Fsp3) is 0.562. The summed E-state index contributed by atoms with van der Waals surface area (Å²) < 4.78 is 7.77. The van der Waals surface area contributed by atoms with E-state index in [2.05, 4.69) is 29.7 Å². The second kappa shape index (κ2) is 5.74. The number of rotatable bonds is 4. The van der Waals surface area contributed by atoms with Crippen LogP contribution in [-0.4, -0.2) is 22.8 Å². The van der Waals surface area contributed by atoms with Crippen LogP contribution >= 0.6 is 11.6 Å². The molecule has 0 spiro atoms. The van der Waals surface area contributed by atoms with Crippen LogP contribution in [0.25, 0.3) is 11.0 Å². The van der Waals surface area contributed by atoms with Gasteiger partial charge < -0.3 is 9.30 Å². The molecule has 0 saturated carbocycles. The topological polar surface area (TPSA) is 27.1 Å². The van der Waals surface area contributed by atoms with Gasteiger partial charge in [0.05, 0.1) is 16.4 Å². The van der Waals surface area contributed by atoms with Crippen LogP contribution in [0.2, 0.25) is 0 Å². The van der Waals surface area contributed by atoms with Crippen molar-refractivity contribution in [3.8, 4) is 0 Å². The van der Waals surface area contributed by atoms with Gasteiger partial charge in [0.15, 0.2) is 0 Å². The molecule has 2 unspecified atom stereocenters. The van der Waals surface area contributed by atoms with Crippen LogP contribution < -0.4 is 0 Å². The molecule has 1 aliphatic heterocycles. The van der Waals surface area contributed by atoms with Crippen molar-refractivity contribution in [1.82, 2.24) is 9.55 Å². The van der Waals surface area contributed by atoms with Gasteiger partial charge >= 0.3 is 0 Å². The molecule has 2 heterocycles. The van der Waals surface area contributed by atoms with Crippen molar-refractivity contribution in [3.05, 3.63) is 29.6 Å². The molecule has 1 fully saturated rings. The van der Waals surface area contributed by atoms with Crippen LogP contribution in [0, 0.1) is 12.8 Å². The Labute approximate surface area is 124 Å². The Morgan fingerprint density at radius 2 is 2.35 bits per heavy atom. The number of aromatic nitrogens is 2. The lowest BCUT2D eigenvalue weighted by molar-refractivity contribution is 0.183. The molecule has 0 bridgehead atoms. The number of aryl methyl sites for hydroxylation is 2. The molecule has 1 aliphatic rings. The number of hydrogen-bond donors (Lipinski definition) is 0. The molecular weight excluding hydrogens is 272 g/mol. The molecule has 4 heteroatoms. The number of imidazole rings is 1. The van der Waals surface area contributed by atoms with Gasteiger partial charge in [-0.3, -0.25) is 0 Å². The molecule has 1 aromatic heterocycles. The lowest BCUT2D eigenvalue weighted by Gasteiger charge is -2.14. The van der Waals surface area contributed by atoms with E-state index in [4.69, 9.17) is 21.3 Å². The van der Waals surface area contributed by atoms with Gasteiger partial charge in [-0.25, -0.2) is 4.98 Å². The van der Waals surface area contributed by atoms with Gasteiger partial charge in [-0.1, -0.05) is 12.1 Å². The summed E-state index contributed by atoms with van der Waals surface area (Å²) in [7, 11) is 0. The van der Waals surface area contributed by atoms with E-state index in [1.165, 1.54) is 17.5 Å². The van der Waals surface area contributed by atoms with Gasteiger partial charge in [-0.05, 0) is 44.2 Å². The summed E-state index contributed by atoms with van der Waals surface area (Å²) in [6, 6.07) is 6.27. The van der Waals surface area contributed by atoms with Gasteiger partial charge in [0.25, 0.3) is 0 Å². The van der Waals surface area contributed by atoms with Crippen molar-refractivity contribution in [2.75, 3.05) is 13.2 Å². The standard InChI is InChI=1S/C16H21ClN2O/c1-11-4-3-5-14-15(11)19(16(18-14)12(2)17)8-6-13-7-9-20-10-13/h3-5,12-13H,6-10H2,1-2H3. The number of alkyl halides is 1. The molecule has 3 rings (SSSR count). The molecule has 3 nitrogen and oxygen atoms in total. The number of benzene rings is 1. The van der Waals surface area contributed by atoms with Gasteiger partial charge in [-0.15, -0.1) is 11.6 Å². The third kappa shape index (κ3) is 2.57. The van der Waals surface area contributed by atoms with Crippen molar-refractivity contribution < 1.29 is 4.74 Å². The summed E-state index contributed by atoms with van der Waals surface area (Å²) in [6.45, 7) is 6.92. The van der Waals surface area contributed by atoms with Crippen molar-refractivity contribution in [3.63, 3.8) is 0 Å². The zero-order valence-electron chi connectivity index (χ0n) is 12.1. The number of hydrogen-bond acceptors (Lipinski definition) is 2. The quantitative estimate of drug-likeness (QED) is 0.794. The summed E-state index contributed by atoms with van der Waals surface area (Å²) in [5.41, 5.74) is 3.55. The average molecular weight is 293 g/mol. The Hall–Kier alpha value is -1.06. The summed E-state index contributed by atoms with van der Waals surface area (Å²) in [4.78, 5) is 4.72. The number of halogens is 1. The van der Waals surface area contributed by atoms with Crippen LogP contribution in [0.3, 0.4) is 0 Å². The minimum atomic E-state index is -0.0679. The SMILES string of the molecule is Cc1cccc2nc(C(C)Cl)n(CCC3CCOC3)c12. The smallest absolute Gasteiger partial charge is 0.127 e. The number of para-hydroxylation sites is 1. The van der Waals surface area contributed by atoms with Crippen LogP contribution in [-0.2, 0) is 11.3 Å². The molecule has 1 aromatic carbocycles. The Balaban J connectivity index is 1.95. The Morgan fingerprint density at radius 3 is 3.05 bits per heavy atom. The van der Waals surface area contributed by atoms with Crippen LogP contribution in [0.5, 0.6) is 0 Å². The van der Waals surface area contributed by atoms with E-state index in [1.54, 1.807) is 0 Å². The van der Waals surface area contributed by atoms with Gasteiger partial charge in [-0.2, -0.15) is 0 Å². The van der Waals surface area contributed by atoms with E-state index < -0.39 is 0 Å². The van der Waals surface area contributed by atoms with Crippen LogP contribution in [0.4, 0.5) is 0 Å². The highest BCUT2D eigenvalue weighted by molar-refractivity contribution is 6.20. The van der Waals surface area contributed by atoms with E-state index in [0.717, 1.165) is 37.5 Å². The Morgan fingerprint density at radius 1 is 1.50 bits per heavy atom. The third-order valence-electron chi connectivity index (χ3n) is 4.14. The first-order chi connectivity index (χ1) is 9.66. The normalized spacial score (nSPS) is 20.6. The maximum atomic E-state index is 6.32. The van der Waals surface area contributed by atoms with Crippen molar-refractivity contribution in [2.45, 2.75) is 38.6 Å². The van der Waals surface area contributed by atoms with E-state index in [-0.39, 0.29) is 5.38 Å². The predicted octanol–water partition coefficient (Wildman–Crippen LogP) is 4.07. The molecule has 1 saturated heterocycles. The molecule has 20 heavy (non-hydrogen) atoms. The molecular formula is C16H21ClN2O. The molecule has 2 aromatic rings. The molecule has 0 amide bonds. The molecule has 2 atom stereocenters. The monoisotopic (exact) mass is 292 g/mol. The highest BCUT2D eigenvalue weighted by Gasteiger charge is 2.19. The summed E-state index contributed by atoms with van der Waals surface area (Å²) in [5.74, 6) is 1.66. The number of ether oxygens (including phenoxy) is 1. The summed E-state index contributed by atoms with van der Waals surface area (Å²) in [6.07, 6.45) is 2.31. The van der Waals surface area contributed by atoms with Crippen molar-refractivity contribution in [2.24, 2.45) is 5.92 Å². The molecule has 0 aliphatic carbocycles. The molecule has 108 valence electrons. The van der Waals surface area contributed by atoms with Crippen molar-refractivity contribution in [1.29, 1.82) is 0 Å². The summed E-state index contributed by atoms with van der Waals surface area (Å²) >= 11 is 6.32.